The van der Waals surface area contributed by atoms with Crippen molar-refractivity contribution in [3.8, 4) is 12.3 Å². The summed E-state index contributed by atoms with van der Waals surface area (Å²) in [5.41, 5.74) is 1.21. The van der Waals surface area contributed by atoms with Crippen LogP contribution in [0.15, 0.2) is 29.3 Å². The number of rotatable bonds is 7. The average Bonchev–Trinajstić information content (AvgIpc) is 2.76. The van der Waals surface area contributed by atoms with Crippen LogP contribution in [-0.4, -0.2) is 60.3 Å². The standard InChI is InChI=1S/C21H25N5O4/c1-3-15(11-20(28)30-4-2)24-19(27)13-26-14-23-18-6-5-16(12-17(18)21(26)29)25-9-7-22-8-10-25/h1,5-6,12,14-15,22H,4,7-11,13H2,2H3,(H,24,27)/t15-/m1/s1. The first-order valence-electron chi connectivity index (χ1n) is 9.87. The van der Waals surface area contributed by atoms with Gasteiger partial charge in [-0.1, -0.05) is 5.92 Å². The van der Waals surface area contributed by atoms with E-state index >= 15 is 0 Å². The summed E-state index contributed by atoms with van der Waals surface area (Å²) in [6, 6.07) is 4.77. The van der Waals surface area contributed by atoms with Gasteiger partial charge in [0.25, 0.3) is 5.56 Å². The van der Waals surface area contributed by atoms with Crippen LogP contribution in [0.25, 0.3) is 10.9 Å². The molecule has 0 bridgehead atoms. The molecule has 2 N–H and O–H groups in total. The molecule has 1 saturated heterocycles. The summed E-state index contributed by atoms with van der Waals surface area (Å²) in [5.74, 6) is 1.37. The van der Waals surface area contributed by atoms with Gasteiger partial charge in [0.1, 0.15) is 12.6 Å². The first-order chi connectivity index (χ1) is 14.5. The van der Waals surface area contributed by atoms with Crippen LogP contribution >= 0.6 is 0 Å². The van der Waals surface area contributed by atoms with Gasteiger partial charge in [-0.25, -0.2) is 4.98 Å². The lowest BCUT2D eigenvalue weighted by Crippen LogP contribution is -2.43. The molecule has 2 aromatic rings. The SMILES string of the molecule is C#C[C@H](CC(=O)OCC)NC(=O)Cn1cnc2ccc(N3CCNCC3)cc2c1=O. The monoisotopic (exact) mass is 411 g/mol. The molecular weight excluding hydrogens is 386 g/mol. The molecule has 1 aromatic carbocycles. The Hall–Kier alpha value is -3.38. The lowest BCUT2D eigenvalue weighted by atomic mass is 10.2. The highest BCUT2D eigenvalue weighted by molar-refractivity contribution is 5.82. The van der Waals surface area contributed by atoms with Crippen molar-refractivity contribution in [3.05, 3.63) is 34.9 Å². The number of piperazine rings is 1. The van der Waals surface area contributed by atoms with Crippen molar-refractivity contribution in [3.63, 3.8) is 0 Å². The summed E-state index contributed by atoms with van der Waals surface area (Å²) in [6.45, 7) is 5.16. The van der Waals surface area contributed by atoms with Crippen LogP contribution in [0.1, 0.15) is 13.3 Å². The van der Waals surface area contributed by atoms with Gasteiger partial charge in [0, 0.05) is 31.9 Å². The molecule has 1 atom stereocenters. The zero-order valence-corrected chi connectivity index (χ0v) is 16.9. The van der Waals surface area contributed by atoms with Crippen molar-refractivity contribution in [2.75, 3.05) is 37.7 Å². The molecule has 30 heavy (non-hydrogen) atoms. The molecule has 1 fully saturated rings. The molecule has 1 aliphatic heterocycles. The minimum absolute atomic E-state index is 0.130. The van der Waals surface area contributed by atoms with Crippen molar-refractivity contribution in [1.29, 1.82) is 0 Å². The second kappa shape index (κ2) is 9.89. The number of amides is 1. The highest BCUT2D eigenvalue weighted by Gasteiger charge is 2.17. The van der Waals surface area contributed by atoms with Crippen LogP contribution in [-0.2, 0) is 20.9 Å². The molecule has 1 aliphatic rings. The number of carbonyl (C=O) groups is 2. The van der Waals surface area contributed by atoms with E-state index in [1.807, 2.05) is 18.2 Å². The Kier molecular flexibility index (Phi) is 7.03. The summed E-state index contributed by atoms with van der Waals surface area (Å²) in [4.78, 5) is 43.3. The quantitative estimate of drug-likeness (QED) is 0.483. The first kappa shape index (κ1) is 21.3. The fraction of sp³-hybridized carbons (Fsp3) is 0.429. The molecule has 9 heteroatoms. The largest absolute Gasteiger partial charge is 0.466 e. The van der Waals surface area contributed by atoms with E-state index in [0.29, 0.717) is 10.9 Å². The Morgan fingerprint density at radius 3 is 2.83 bits per heavy atom. The number of nitrogens with one attached hydrogen (secondary N) is 2. The topological polar surface area (TPSA) is 106 Å². The van der Waals surface area contributed by atoms with Gasteiger partial charge >= 0.3 is 5.97 Å². The van der Waals surface area contributed by atoms with E-state index in [9.17, 15) is 14.4 Å². The third kappa shape index (κ3) is 5.15. The normalized spacial score (nSPS) is 14.7. The van der Waals surface area contributed by atoms with Gasteiger partial charge in [-0.3, -0.25) is 19.0 Å². The van der Waals surface area contributed by atoms with Crippen LogP contribution in [0.4, 0.5) is 5.69 Å². The van der Waals surface area contributed by atoms with Gasteiger partial charge in [0.2, 0.25) is 5.91 Å². The van der Waals surface area contributed by atoms with Gasteiger partial charge in [0.05, 0.1) is 30.3 Å². The summed E-state index contributed by atoms with van der Waals surface area (Å²) < 4.78 is 6.08. The number of hydrogen-bond donors (Lipinski definition) is 2. The number of carbonyl (C=O) groups excluding carboxylic acids is 2. The smallest absolute Gasteiger partial charge is 0.308 e. The maximum Gasteiger partial charge on any atom is 0.308 e. The first-order valence-corrected chi connectivity index (χ1v) is 9.87. The summed E-state index contributed by atoms with van der Waals surface area (Å²) >= 11 is 0. The predicted octanol–water partition coefficient (Wildman–Crippen LogP) is -0.123. The third-order valence-corrected chi connectivity index (χ3v) is 4.82. The molecule has 3 rings (SSSR count). The minimum Gasteiger partial charge on any atom is -0.466 e. The maximum absolute atomic E-state index is 12.9. The molecule has 0 unspecified atom stereocenters. The van der Waals surface area contributed by atoms with E-state index in [1.165, 1.54) is 10.9 Å². The Morgan fingerprint density at radius 1 is 1.37 bits per heavy atom. The highest BCUT2D eigenvalue weighted by Crippen LogP contribution is 2.19. The molecule has 1 amide bonds. The van der Waals surface area contributed by atoms with Crippen molar-refractivity contribution < 1.29 is 14.3 Å². The van der Waals surface area contributed by atoms with Gasteiger partial charge < -0.3 is 20.3 Å². The number of nitrogens with zero attached hydrogens (tertiary/aromatic N) is 3. The molecule has 9 nitrogen and oxygen atoms in total. The second-order valence-corrected chi connectivity index (χ2v) is 6.91. The van der Waals surface area contributed by atoms with Gasteiger partial charge in [-0.2, -0.15) is 0 Å². The maximum atomic E-state index is 12.9. The van der Waals surface area contributed by atoms with E-state index in [1.54, 1.807) is 6.92 Å². The molecular formula is C21H25N5O4. The van der Waals surface area contributed by atoms with Gasteiger partial charge in [-0.15, -0.1) is 6.42 Å². The van der Waals surface area contributed by atoms with Crippen LogP contribution in [0.3, 0.4) is 0 Å². The van der Waals surface area contributed by atoms with E-state index in [4.69, 9.17) is 11.2 Å². The lowest BCUT2D eigenvalue weighted by Gasteiger charge is -2.29. The highest BCUT2D eigenvalue weighted by atomic mass is 16.5. The van der Waals surface area contributed by atoms with Gasteiger partial charge in [-0.05, 0) is 25.1 Å². The van der Waals surface area contributed by atoms with Crippen LogP contribution in [0.5, 0.6) is 0 Å². The number of terminal acetylenes is 1. The molecule has 2 heterocycles. The fourth-order valence-electron chi connectivity index (χ4n) is 3.31. The molecule has 0 radical (unpaired) electrons. The Morgan fingerprint density at radius 2 is 2.13 bits per heavy atom. The predicted molar refractivity (Wildman–Crippen MR) is 113 cm³/mol. The summed E-state index contributed by atoms with van der Waals surface area (Å²) in [5, 5.41) is 6.31. The summed E-state index contributed by atoms with van der Waals surface area (Å²) in [6.07, 6.45) is 6.60. The van der Waals surface area contributed by atoms with E-state index in [2.05, 4.69) is 26.4 Å². The van der Waals surface area contributed by atoms with E-state index < -0.39 is 17.9 Å². The number of hydrogen-bond acceptors (Lipinski definition) is 7. The van der Waals surface area contributed by atoms with Crippen LogP contribution in [0, 0.1) is 12.3 Å². The fourth-order valence-corrected chi connectivity index (χ4v) is 3.31. The number of anilines is 1. The van der Waals surface area contributed by atoms with Crippen molar-refractivity contribution >= 4 is 28.5 Å². The van der Waals surface area contributed by atoms with Crippen LogP contribution in [0.2, 0.25) is 0 Å². The van der Waals surface area contributed by atoms with Crippen molar-refractivity contribution in [1.82, 2.24) is 20.2 Å². The second-order valence-electron chi connectivity index (χ2n) is 6.91. The number of benzene rings is 1. The molecule has 0 saturated carbocycles. The van der Waals surface area contributed by atoms with Crippen molar-refractivity contribution in [2.45, 2.75) is 25.9 Å². The Labute approximate surface area is 174 Å². The minimum atomic E-state index is -0.806. The molecule has 0 aliphatic carbocycles. The number of aromatic nitrogens is 2. The summed E-state index contributed by atoms with van der Waals surface area (Å²) in [7, 11) is 0. The van der Waals surface area contributed by atoms with Crippen LogP contribution < -0.4 is 21.1 Å². The number of esters is 1. The van der Waals surface area contributed by atoms with E-state index in [0.717, 1.165) is 31.9 Å². The Balaban J connectivity index is 1.74. The molecule has 1 aromatic heterocycles. The number of fused-ring (bicyclic) bond motifs is 1. The Bertz CT molecular complexity index is 1020. The molecule has 0 spiro atoms. The van der Waals surface area contributed by atoms with E-state index in [-0.39, 0.29) is 25.1 Å². The molecule has 158 valence electrons. The zero-order valence-electron chi connectivity index (χ0n) is 16.9. The lowest BCUT2D eigenvalue weighted by molar-refractivity contribution is -0.143. The average molecular weight is 411 g/mol. The zero-order chi connectivity index (χ0) is 21.5. The number of ether oxygens (including phenoxy) is 1. The third-order valence-electron chi connectivity index (χ3n) is 4.82. The van der Waals surface area contributed by atoms with Gasteiger partial charge in [0.15, 0.2) is 0 Å². The van der Waals surface area contributed by atoms with Crippen molar-refractivity contribution in [2.24, 2.45) is 0 Å².